The van der Waals surface area contributed by atoms with Gasteiger partial charge in [0.1, 0.15) is 5.75 Å². The highest BCUT2D eigenvalue weighted by atomic mass is 16.5. The molecule has 0 fully saturated rings. The third kappa shape index (κ3) is 5.90. The van der Waals surface area contributed by atoms with Crippen LogP contribution in [0.3, 0.4) is 0 Å². The lowest BCUT2D eigenvalue weighted by Gasteiger charge is -2.27. The Kier molecular flexibility index (Phi) is 8.26. The Balaban J connectivity index is 2.29. The molecular weight excluding hydrogens is 252 g/mol. The fourth-order valence-electron chi connectivity index (χ4n) is 2.26. The molecule has 0 saturated heterocycles. The van der Waals surface area contributed by atoms with Crippen LogP contribution in [-0.4, -0.2) is 44.4 Å². The van der Waals surface area contributed by atoms with Crippen LogP contribution in [0.4, 0.5) is 0 Å². The average molecular weight is 280 g/mol. The van der Waals surface area contributed by atoms with Crippen LogP contribution >= 0.6 is 0 Å². The molecule has 1 unspecified atom stereocenters. The number of nitrogens with two attached hydrogens (primary N) is 1. The second kappa shape index (κ2) is 9.75. The first-order valence-electron chi connectivity index (χ1n) is 7.36. The summed E-state index contributed by atoms with van der Waals surface area (Å²) in [5.41, 5.74) is 6.72. The molecule has 1 atom stereocenters. The van der Waals surface area contributed by atoms with Crippen LogP contribution < -0.4 is 10.5 Å². The summed E-state index contributed by atoms with van der Waals surface area (Å²) >= 11 is 0. The van der Waals surface area contributed by atoms with Crippen molar-refractivity contribution in [2.24, 2.45) is 5.73 Å². The van der Waals surface area contributed by atoms with Crippen LogP contribution in [0.15, 0.2) is 24.3 Å². The lowest BCUT2D eigenvalue weighted by Crippen LogP contribution is -2.37. The van der Waals surface area contributed by atoms with Crippen LogP contribution in [-0.2, 0) is 11.3 Å². The zero-order valence-electron chi connectivity index (χ0n) is 13.0. The summed E-state index contributed by atoms with van der Waals surface area (Å²) in [6.45, 7) is 8.48. The molecule has 4 heteroatoms. The monoisotopic (exact) mass is 280 g/mol. The van der Waals surface area contributed by atoms with E-state index in [1.54, 1.807) is 7.11 Å². The standard InChI is InChI=1S/C16H28N2O2/c1-4-18(14(2)13-19-3)9-6-10-20-16-8-5-7-15(11-16)12-17/h5,7-8,11,14H,4,6,9-10,12-13,17H2,1-3H3. The normalized spacial score (nSPS) is 12.7. The van der Waals surface area contributed by atoms with Gasteiger partial charge in [0.05, 0.1) is 13.2 Å². The maximum absolute atomic E-state index is 5.77. The fraction of sp³-hybridized carbons (Fsp3) is 0.625. The molecule has 1 aromatic rings. The van der Waals surface area contributed by atoms with Crippen LogP contribution in [0, 0.1) is 0 Å². The average Bonchev–Trinajstić information content (AvgIpc) is 2.47. The fourth-order valence-corrected chi connectivity index (χ4v) is 2.26. The highest BCUT2D eigenvalue weighted by Gasteiger charge is 2.10. The van der Waals surface area contributed by atoms with Gasteiger partial charge in [0, 0.05) is 26.2 Å². The number of methoxy groups -OCH3 is 1. The molecule has 0 amide bonds. The van der Waals surface area contributed by atoms with Crippen molar-refractivity contribution >= 4 is 0 Å². The Morgan fingerprint density at radius 2 is 2.15 bits per heavy atom. The number of likely N-dealkylation sites (N-methyl/N-ethyl adjacent to an activating group) is 1. The van der Waals surface area contributed by atoms with E-state index in [0.29, 0.717) is 12.6 Å². The van der Waals surface area contributed by atoms with Gasteiger partial charge in [-0.05, 0) is 37.6 Å². The Morgan fingerprint density at radius 1 is 1.35 bits per heavy atom. The zero-order valence-corrected chi connectivity index (χ0v) is 13.0. The molecule has 1 aromatic carbocycles. The van der Waals surface area contributed by atoms with Gasteiger partial charge in [-0.15, -0.1) is 0 Å². The van der Waals surface area contributed by atoms with Crippen molar-refractivity contribution in [1.82, 2.24) is 4.90 Å². The van der Waals surface area contributed by atoms with E-state index in [4.69, 9.17) is 15.2 Å². The molecule has 0 bridgehead atoms. The quantitative estimate of drug-likeness (QED) is 0.668. The Morgan fingerprint density at radius 3 is 2.80 bits per heavy atom. The van der Waals surface area contributed by atoms with Crippen LogP contribution in [0.2, 0.25) is 0 Å². The Hall–Kier alpha value is -1.10. The Bertz CT molecular complexity index is 371. The summed E-state index contributed by atoms with van der Waals surface area (Å²) in [4.78, 5) is 2.41. The van der Waals surface area contributed by atoms with Crippen molar-refractivity contribution in [3.63, 3.8) is 0 Å². The lowest BCUT2D eigenvalue weighted by molar-refractivity contribution is 0.0985. The minimum atomic E-state index is 0.450. The van der Waals surface area contributed by atoms with E-state index in [9.17, 15) is 0 Å². The van der Waals surface area contributed by atoms with Crippen molar-refractivity contribution in [3.05, 3.63) is 29.8 Å². The van der Waals surface area contributed by atoms with Crippen molar-refractivity contribution in [1.29, 1.82) is 0 Å². The topological polar surface area (TPSA) is 47.7 Å². The van der Waals surface area contributed by atoms with Crippen molar-refractivity contribution in [2.45, 2.75) is 32.9 Å². The van der Waals surface area contributed by atoms with Gasteiger partial charge in [0.2, 0.25) is 0 Å². The van der Waals surface area contributed by atoms with Gasteiger partial charge in [-0.3, -0.25) is 4.90 Å². The molecule has 2 N–H and O–H groups in total. The van der Waals surface area contributed by atoms with Gasteiger partial charge in [-0.2, -0.15) is 0 Å². The SMILES string of the molecule is CCN(CCCOc1cccc(CN)c1)C(C)COC. The molecule has 0 saturated carbocycles. The van der Waals surface area contributed by atoms with Crippen molar-refractivity contribution in [2.75, 3.05) is 33.4 Å². The maximum Gasteiger partial charge on any atom is 0.119 e. The summed E-state index contributed by atoms with van der Waals surface area (Å²) in [6.07, 6.45) is 1.01. The molecular formula is C16H28N2O2. The third-order valence-electron chi connectivity index (χ3n) is 3.43. The highest BCUT2D eigenvalue weighted by Crippen LogP contribution is 2.13. The van der Waals surface area contributed by atoms with E-state index in [2.05, 4.69) is 18.7 Å². The van der Waals surface area contributed by atoms with Gasteiger partial charge in [-0.25, -0.2) is 0 Å². The summed E-state index contributed by atoms with van der Waals surface area (Å²) in [5.74, 6) is 0.904. The van der Waals surface area contributed by atoms with E-state index < -0.39 is 0 Å². The minimum Gasteiger partial charge on any atom is -0.494 e. The molecule has 0 aromatic heterocycles. The summed E-state index contributed by atoms with van der Waals surface area (Å²) in [5, 5.41) is 0. The molecule has 0 aliphatic heterocycles. The summed E-state index contributed by atoms with van der Waals surface area (Å²) < 4.78 is 11.0. The van der Waals surface area contributed by atoms with E-state index in [-0.39, 0.29) is 0 Å². The number of ether oxygens (including phenoxy) is 2. The molecule has 0 heterocycles. The van der Waals surface area contributed by atoms with Crippen molar-refractivity contribution in [3.8, 4) is 5.75 Å². The van der Waals surface area contributed by atoms with Gasteiger partial charge in [0.25, 0.3) is 0 Å². The first kappa shape index (κ1) is 17.0. The van der Waals surface area contributed by atoms with Crippen LogP contribution in [0.1, 0.15) is 25.8 Å². The zero-order chi connectivity index (χ0) is 14.8. The highest BCUT2D eigenvalue weighted by molar-refractivity contribution is 5.28. The van der Waals surface area contributed by atoms with Crippen LogP contribution in [0.5, 0.6) is 5.75 Å². The van der Waals surface area contributed by atoms with Crippen molar-refractivity contribution < 1.29 is 9.47 Å². The largest absolute Gasteiger partial charge is 0.494 e. The molecule has 20 heavy (non-hydrogen) atoms. The summed E-state index contributed by atoms with van der Waals surface area (Å²) in [7, 11) is 1.75. The number of benzene rings is 1. The van der Waals surface area contributed by atoms with E-state index in [1.165, 1.54) is 0 Å². The Labute approximate surface area is 122 Å². The minimum absolute atomic E-state index is 0.450. The molecule has 0 radical (unpaired) electrons. The lowest BCUT2D eigenvalue weighted by atomic mass is 10.2. The number of hydrogen-bond donors (Lipinski definition) is 1. The second-order valence-corrected chi connectivity index (χ2v) is 4.99. The molecule has 0 aliphatic carbocycles. The molecule has 114 valence electrons. The number of rotatable bonds is 10. The smallest absolute Gasteiger partial charge is 0.119 e. The molecule has 0 aliphatic rings. The first-order valence-corrected chi connectivity index (χ1v) is 7.36. The predicted octanol–water partition coefficient (Wildman–Crippen LogP) is 2.27. The number of nitrogens with zero attached hydrogens (tertiary/aromatic N) is 1. The first-order chi connectivity index (χ1) is 9.71. The number of hydrogen-bond acceptors (Lipinski definition) is 4. The third-order valence-corrected chi connectivity index (χ3v) is 3.43. The molecule has 4 nitrogen and oxygen atoms in total. The maximum atomic E-state index is 5.77. The van der Waals surface area contributed by atoms with Gasteiger partial charge in [-0.1, -0.05) is 19.1 Å². The van der Waals surface area contributed by atoms with Gasteiger partial charge in [0.15, 0.2) is 0 Å². The molecule has 0 spiro atoms. The van der Waals surface area contributed by atoms with Gasteiger partial charge >= 0.3 is 0 Å². The molecule has 1 rings (SSSR count). The van der Waals surface area contributed by atoms with Crippen LogP contribution in [0.25, 0.3) is 0 Å². The second-order valence-electron chi connectivity index (χ2n) is 4.99. The predicted molar refractivity (Wildman–Crippen MR) is 83.0 cm³/mol. The van der Waals surface area contributed by atoms with E-state index >= 15 is 0 Å². The summed E-state index contributed by atoms with van der Waals surface area (Å²) in [6, 6.07) is 8.43. The van der Waals surface area contributed by atoms with E-state index in [1.807, 2.05) is 24.3 Å². The van der Waals surface area contributed by atoms with Gasteiger partial charge < -0.3 is 15.2 Å². The van der Waals surface area contributed by atoms with E-state index in [0.717, 1.165) is 44.0 Å².